The van der Waals surface area contributed by atoms with Crippen LogP contribution in [0.4, 0.5) is 11.6 Å². The molecule has 0 aliphatic rings. The Hall–Kier alpha value is -3.28. The summed E-state index contributed by atoms with van der Waals surface area (Å²) in [6.07, 6.45) is 3.07. The van der Waals surface area contributed by atoms with Crippen molar-refractivity contribution >= 4 is 17.6 Å². The zero-order valence-electron chi connectivity index (χ0n) is 13.4. The molecular formula is C18H16N4O2. The number of nitrogens with one attached hydrogen (secondary N) is 1. The van der Waals surface area contributed by atoms with E-state index in [-0.39, 0.29) is 0 Å². The predicted molar refractivity (Wildman–Crippen MR) is 90.4 cm³/mol. The molecule has 2 heterocycles. The molecule has 0 aliphatic carbocycles. The van der Waals surface area contributed by atoms with Crippen LogP contribution < -0.4 is 10.1 Å². The average Bonchev–Trinajstić information content (AvgIpc) is 2.55. The average molecular weight is 320 g/mol. The van der Waals surface area contributed by atoms with E-state index in [0.29, 0.717) is 17.3 Å². The second kappa shape index (κ2) is 6.87. The van der Waals surface area contributed by atoms with E-state index in [0.717, 1.165) is 17.1 Å². The van der Waals surface area contributed by atoms with E-state index in [1.54, 1.807) is 36.5 Å². The van der Waals surface area contributed by atoms with E-state index in [2.05, 4.69) is 20.3 Å². The van der Waals surface area contributed by atoms with E-state index < -0.39 is 5.97 Å². The van der Waals surface area contributed by atoms with Gasteiger partial charge in [-0.3, -0.25) is 4.98 Å². The van der Waals surface area contributed by atoms with Crippen LogP contribution in [0.2, 0.25) is 0 Å². The quantitative estimate of drug-likeness (QED) is 0.586. The Morgan fingerprint density at radius 1 is 1.04 bits per heavy atom. The summed E-state index contributed by atoms with van der Waals surface area (Å²) in [7, 11) is 0. The first-order chi connectivity index (χ1) is 11.6. The Kier molecular flexibility index (Phi) is 4.47. The van der Waals surface area contributed by atoms with Crippen LogP contribution in [0.3, 0.4) is 0 Å². The van der Waals surface area contributed by atoms with Crippen LogP contribution in [0.15, 0.2) is 54.9 Å². The maximum Gasteiger partial charge on any atom is 0.345 e. The summed E-state index contributed by atoms with van der Waals surface area (Å²) in [5.74, 6) is 0.476. The molecule has 0 bridgehead atoms. The van der Waals surface area contributed by atoms with Crippen molar-refractivity contribution in [3.63, 3.8) is 0 Å². The van der Waals surface area contributed by atoms with Gasteiger partial charge in [-0.2, -0.15) is 0 Å². The molecule has 6 heteroatoms. The highest BCUT2D eigenvalue weighted by atomic mass is 16.5. The van der Waals surface area contributed by atoms with E-state index in [9.17, 15) is 4.79 Å². The first kappa shape index (κ1) is 15.6. The molecule has 0 spiro atoms. The number of aryl methyl sites for hydroxylation is 2. The van der Waals surface area contributed by atoms with Crippen molar-refractivity contribution in [1.29, 1.82) is 0 Å². The third-order valence-electron chi connectivity index (χ3n) is 3.18. The second-order valence-electron chi connectivity index (χ2n) is 5.26. The molecule has 120 valence electrons. The van der Waals surface area contributed by atoms with E-state index in [1.807, 2.05) is 26.0 Å². The molecule has 0 saturated heterocycles. The van der Waals surface area contributed by atoms with Crippen LogP contribution in [-0.2, 0) is 0 Å². The number of hydrogen-bond donors (Lipinski definition) is 1. The van der Waals surface area contributed by atoms with Gasteiger partial charge in [0.2, 0.25) is 5.95 Å². The van der Waals surface area contributed by atoms with E-state index in [4.69, 9.17) is 4.74 Å². The Bertz CT molecular complexity index is 846. The van der Waals surface area contributed by atoms with Crippen molar-refractivity contribution < 1.29 is 9.53 Å². The minimum atomic E-state index is -0.456. The summed E-state index contributed by atoms with van der Waals surface area (Å²) in [4.78, 5) is 24.6. The van der Waals surface area contributed by atoms with E-state index >= 15 is 0 Å². The molecule has 6 nitrogen and oxygen atoms in total. The molecule has 24 heavy (non-hydrogen) atoms. The molecular weight excluding hydrogens is 304 g/mol. The lowest BCUT2D eigenvalue weighted by Gasteiger charge is -2.09. The molecule has 0 saturated carbocycles. The summed E-state index contributed by atoms with van der Waals surface area (Å²) in [5.41, 5.74) is 2.89. The van der Waals surface area contributed by atoms with Crippen LogP contribution >= 0.6 is 0 Å². The number of pyridine rings is 1. The number of nitrogens with zero attached hydrogens (tertiary/aromatic N) is 3. The number of carbonyl (C=O) groups excluding carboxylic acids is 1. The van der Waals surface area contributed by atoms with Crippen LogP contribution in [0, 0.1) is 13.8 Å². The molecule has 0 atom stereocenters. The van der Waals surface area contributed by atoms with Crippen LogP contribution in [0.5, 0.6) is 5.75 Å². The van der Waals surface area contributed by atoms with Gasteiger partial charge >= 0.3 is 5.97 Å². The first-order valence-electron chi connectivity index (χ1n) is 7.42. The Labute approximate surface area is 139 Å². The Morgan fingerprint density at radius 3 is 2.54 bits per heavy atom. The van der Waals surface area contributed by atoms with Gasteiger partial charge in [0, 0.05) is 35.5 Å². The summed E-state index contributed by atoms with van der Waals surface area (Å²) < 4.78 is 5.37. The van der Waals surface area contributed by atoms with Crippen molar-refractivity contribution in [2.24, 2.45) is 0 Å². The number of carbonyl (C=O) groups is 1. The van der Waals surface area contributed by atoms with Crippen molar-refractivity contribution in [3.05, 3.63) is 71.8 Å². The van der Waals surface area contributed by atoms with Gasteiger partial charge in [-0.1, -0.05) is 6.07 Å². The highest BCUT2D eigenvalue weighted by Gasteiger charge is 2.09. The molecule has 0 radical (unpaired) electrons. The minimum Gasteiger partial charge on any atom is -0.423 e. The SMILES string of the molecule is Cc1cc(C)nc(Nc2cccc(OC(=O)c3cccnc3)c2)n1. The van der Waals surface area contributed by atoms with Gasteiger partial charge in [-0.15, -0.1) is 0 Å². The lowest BCUT2D eigenvalue weighted by molar-refractivity contribution is 0.0734. The molecule has 2 aromatic heterocycles. The maximum atomic E-state index is 12.1. The number of anilines is 2. The van der Waals surface area contributed by atoms with Crippen molar-refractivity contribution in [2.75, 3.05) is 5.32 Å². The number of ether oxygens (including phenoxy) is 1. The fourth-order valence-electron chi connectivity index (χ4n) is 2.20. The van der Waals surface area contributed by atoms with Gasteiger partial charge in [0.15, 0.2) is 0 Å². The third-order valence-corrected chi connectivity index (χ3v) is 3.18. The molecule has 0 fully saturated rings. The molecule has 3 aromatic rings. The van der Waals surface area contributed by atoms with Gasteiger partial charge in [0.25, 0.3) is 0 Å². The van der Waals surface area contributed by atoms with Crippen LogP contribution in [0.1, 0.15) is 21.7 Å². The zero-order valence-corrected chi connectivity index (χ0v) is 13.4. The molecule has 0 unspecified atom stereocenters. The second-order valence-corrected chi connectivity index (χ2v) is 5.26. The smallest absolute Gasteiger partial charge is 0.345 e. The first-order valence-corrected chi connectivity index (χ1v) is 7.42. The molecule has 1 aromatic carbocycles. The molecule has 3 rings (SSSR count). The third kappa shape index (κ3) is 3.92. The Morgan fingerprint density at radius 2 is 1.83 bits per heavy atom. The van der Waals surface area contributed by atoms with Gasteiger partial charge in [0.1, 0.15) is 5.75 Å². The summed E-state index contributed by atoms with van der Waals surface area (Å²) in [6, 6.07) is 12.3. The fraction of sp³-hybridized carbons (Fsp3) is 0.111. The van der Waals surface area contributed by atoms with Crippen molar-refractivity contribution in [3.8, 4) is 5.75 Å². The fourth-order valence-corrected chi connectivity index (χ4v) is 2.20. The van der Waals surface area contributed by atoms with Crippen LogP contribution in [0.25, 0.3) is 0 Å². The lowest BCUT2D eigenvalue weighted by atomic mass is 10.3. The summed E-state index contributed by atoms with van der Waals surface area (Å²) in [5, 5.41) is 3.11. The standard InChI is InChI=1S/C18H16N4O2/c1-12-9-13(2)21-18(20-12)22-15-6-3-7-16(10-15)24-17(23)14-5-4-8-19-11-14/h3-11H,1-2H3,(H,20,21,22). The number of esters is 1. The van der Waals surface area contributed by atoms with Gasteiger partial charge < -0.3 is 10.1 Å². The van der Waals surface area contributed by atoms with Crippen LogP contribution in [-0.4, -0.2) is 20.9 Å². The normalized spacial score (nSPS) is 10.2. The monoisotopic (exact) mass is 320 g/mol. The topological polar surface area (TPSA) is 77.0 Å². The lowest BCUT2D eigenvalue weighted by Crippen LogP contribution is -2.08. The zero-order chi connectivity index (χ0) is 16.9. The summed E-state index contributed by atoms with van der Waals surface area (Å²) >= 11 is 0. The highest BCUT2D eigenvalue weighted by molar-refractivity contribution is 5.90. The highest BCUT2D eigenvalue weighted by Crippen LogP contribution is 2.21. The molecule has 0 aliphatic heterocycles. The van der Waals surface area contributed by atoms with Gasteiger partial charge in [-0.25, -0.2) is 14.8 Å². The minimum absolute atomic E-state index is 0.397. The van der Waals surface area contributed by atoms with Gasteiger partial charge in [0.05, 0.1) is 5.56 Å². The number of rotatable bonds is 4. The predicted octanol–water partition coefficient (Wildman–Crippen LogP) is 3.45. The van der Waals surface area contributed by atoms with Crippen molar-refractivity contribution in [1.82, 2.24) is 15.0 Å². The number of hydrogen-bond acceptors (Lipinski definition) is 6. The molecule has 0 amide bonds. The number of benzene rings is 1. The van der Waals surface area contributed by atoms with Gasteiger partial charge in [-0.05, 0) is 44.2 Å². The van der Waals surface area contributed by atoms with E-state index in [1.165, 1.54) is 6.20 Å². The number of aromatic nitrogens is 3. The maximum absolute atomic E-state index is 12.1. The largest absolute Gasteiger partial charge is 0.423 e. The summed E-state index contributed by atoms with van der Waals surface area (Å²) in [6.45, 7) is 3.82. The Balaban J connectivity index is 1.75. The van der Waals surface area contributed by atoms with Crippen molar-refractivity contribution in [2.45, 2.75) is 13.8 Å². The molecule has 1 N–H and O–H groups in total.